The standard InChI is InChI=1S/C17H27BrN2/c1-5-19-13(2)14-6-7-16(15(18)12-14)20-10-8-17(3,4)9-11-20/h6-7,12-13,19H,5,8-11H2,1-4H3. The first kappa shape index (κ1) is 15.8. The van der Waals surface area contributed by atoms with Crippen LogP contribution in [0.4, 0.5) is 5.69 Å². The average Bonchev–Trinajstić information content (AvgIpc) is 2.39. The largest absolute Gasteiger partial charge is 0.371 e. The lowest BCUT2D eigenvalue weighted by Gasteiger charge is -2.38. The van der Waals surface area contributed by atoms with Crippen molar-refractivity contribution in [2.45, 2.75) is 46.6 Å². The van der Waals surface area contributed by atoms with Crippen LogP contribution in [0.1, 0.15) is 52.1 Å². The number of halogens is 1. The van der Waals surface area contributed by atoms with Crippen LogP contribution in [0.5, 0.6) is 0 Å². The SMILES string of the molecule is CCNC(C)c1ccc(N2CCC(C)(C)CC2)c(Br)c1. The zero-order valence-electron chi connectivity index (χ0n) is 13.2. The van der Waals surface area contributed by atoms with Gasteiger partial charge in [0.15, 0.2) is 0 Å². The maximum absolute atomic E-state index is 3.76. The molecule has 1 aliphatic rings. The molecule has 2 rings (SSSR count). The molecule has 2 nitrogen and oxygen atoms in total. The number of benzene rings is 1. The van der Waals surface area contributed by atoms with Crippen LogP contribution in [0, 0.1) is 5.41 Å². The van der Waals surface area contributed by atoms with E-state index in [4.69, 9.17) is 0 Å². The van der Waals surface area contributed by atoms with Gasteiger partial charge in [0, 0.05) is 23.6 Å². The third kappa shape index (κ3) is 3.76. The van der Waals surface area contributed by atoms with Crippen LogP contribution >= 0.6 is 15.9 Å². The molecular weight excluding hydrogens is 312 g/mol. The van der Waals surface area contributed by atoms with E-state index in [2.05, 4.69) is 72.0 Å². The molecule has 0 spiro atoms. The molecule has 1 aromatic rings. The second kappa shape index (κ2) is 6.48. The highest BCUT2D eigenvalue weighted by molar-refractivity contribution is 9.10. The van der Waals surface area contributed by atoms with Crippen LogP contribution in [-0.4, -0.2) is 19.6 Å². The van der Waals surface area contributed by atoms with Crippen LogP contribution in [0.25, 0.3) is 0 Å². The number of hydrogen-bond donors (Lipinski definition) is 1. The molecule has 1 N–H and O–H groups in total. The van der Waals surface area contributed by atoms with Gasteiger partial charge in [-0.25, -0.2) is 0 Å². The fourth-order valence-corrected chi connectivity index (χ4v) is 3.47. The van der Waals surface area contributed by atoms with Gasteiger partial charge >= 0.3 is 0 Å². The summed E-state index contributed by atoms with van der Waals surface area (Å²) >= 11 is 3.76. The maximum Gasteiger partial charge on any atom is 0.0510 e. The molecule has 0 radical (unpaired) electrons. The van der Waals surface area contributed by atoms with Crippen LogP contribution in [0.3, 0.4) is 0 Å². The molecule has 1 aromatic carbocycles. The van der Waals surface area contributed by atoms with E-state index < -0.39 is 0 Å². The van der Waals surface area contributed by atoms with E-state index in [0.717, 1.165) is 19.6 Å². The molecule has 0 saturated carbocycles. The Labute approximate surface area is 132 Å². The second-order valence-corrected chi connectivity index (χ2v) is 7.50. The van der Waals surface area contributed by atoms with Gasteiger partial charge in [-0.15, -0.1) is 0 Å². The lowest BCUT2D eigenvalue weighted by atomic mass is 9.82. The fraction of sp³-hybridized carbons (Fsp3) is 0.647. The van der Waals surface area contributed by atoms with Crippen LogP contribution in [0.2, 0.25) is 0 Å². The Morgan fingerprint density at radius 2 is 1.95 bits per heavy atom. The van der Waals surface area contributed by atoms with Gasteiger partial charge in [0.1, 0.15) is 0 Å². The molecule has 0 amide bonds. The van der Waals surface area contributed by atoms with E-state index >= 15 is 0 Å². The first-order valence-electron chi connectivity index (χ1n) is 7.71. The van der Waals surface area contributed by atoms with Crippen LogP contribution in [-0.2, 0) is 0 Å². The highest BCUT2D eigenvalue weighted by Gasteiger charge is 2.26. The predicted molar refractivity (Wildman–Crippen MR) is 91.5 cm³/mol. The quantitative estimate of drug-likeness (QED) is 0.852. The molecular formula is C17H27BrN2. The van der Waals surface area contributed by atoms with Gasteiger partial charge in [0.05, 0.1) is 5.69 Å². The van der Waals surface area contributed by atoms with Crippen molar-refractivity contribution in [3.63, 3.8) is 0 Å². The first-order valence-corrected chi connectivity index (χ1v) is 8.50. The lowest BCUT2D eigenvalue weighted by molar-refractivity contribution is 0.279. The van der Waals surface area contributed by atoms with E-state index in [0.29, 0.717) is 11.5 Å². The molecule has 112 valence electrons. The molecule has 0 aliphatic carbocycles. The van der Waals surface area contributed by atoms with E-state index in [9.17, 15) is 0 Å². The minimum absolute atomic E-state index is 0.408. The monoisotopic (exact) mass is 338 g/mol. The minimum atomic E-state index is 0.408. The van der Waals surface area contributed by atoms with Crippen molar-refractivity contribution in [1.82, 2.24) is 5.32 Å². The van der Waals surface area contributed by atoms with Crippen molar-refractivity contribution < 1.29 is 0 Å². The van der Waals surface area contributed by atoms with E-state index in [1.165, 1.54) is 28.6 Å². The number of hydrogen-bond acceptors (Lipinski definition) is 2. The summed E-state index contributed by atoms with van der Waals surface area (Å²) in [5.74, 6) is 0. The summed E-state index contributed by atoms with van der Waals surface area (Å²) in [6, 6.07) is 7.20. The van der Waals surface area contributed by atoms with Gasteiger partial charge in [-0.2, -0.15) is 0 Å². The van der Waals surface area contributed by atoms with E-state index in [-0.39, 0.29) is 0 Å². The molecule has 1 aliphatic heterocycles. The lowest BCUT2D eigenvalue weighted by Crippen LogP contribution is -2.37. The number of rotatable bonds is 4. The fourth-order valence-electron chi connectivity index (χ4n) is 2.83. The van der Waals surface area contributed by atoms with Gasteiger partial charge in [-0.3, -0.25) is 0 Å². The molecule has 3 heteroatoms. The smallest absolute Gasteiger partial charge is 0.0510 e. The summed E-state index contributed by atoms with van der Waals surface area (Å²) in [7, 11) is 0. The zero-order chi connectivity index (χ0) is 14.8. The Balaban J connectivity index is 2.10. The van der Waals surface area contributed by atoms with Gasteiger partial charge in [0.2, 0.25) is 0 Å². The van der Waals surface area contributed by atoms with Crippen LogP contribution < -0.4 is 10.2 Å². The number of nitrogens with zero attached hydrogens (tertiary/aromatic N) is 1. The Morgan fingerprint density at radius 1 is 1.30 bits per heavy atom. The number of nitrogens with one attached hydrogen (secondary N) is 1. The van der Waals surface area contributed by atoms with Gasteiger partial charge in [0.25, 0.3) is 0 Å². The molecule has 0 aromatic heterocycles. The van der Waals surface area contributed by atoms with Crippen molar-refractivity contribution >= 4 is 21.6 Å². The zero-order valence-corrected chi connectivity index (χ0v) is 14.8. The second-order valence-electron chi connectivity index (χ2n) is 6.64. The maximum atomic E-state index is 3.76. The molecule has 1 unspecified atom stereocenters. The van der Waals surface area contributed by atoms with Crippen molar-refractivity contribution in [3.05, 3.63) is 28.2 Å². The minimum Gasteiger partial charge on any atom is -0.371 e. The summed E-state index contributed by atoms with van der Waals surface area (Å²) in [6.45, 7) is 12.4. The first-order chi connectivity index (χ1) is 9.43. The van der Waals surface area contributed by atoms with Gasteiger partial charge < -0.3 is 10.2 Å². The normalized spacial score (nSPS) is 19.9. The van der Waals surface area contributed by atoms with Crippen molar-refractivity contribution in [3.8, 4) is 0 Å². The van der Waals surface area contributed by atoms with Crippen molar-refractivity contribution in [2.24, 2.45) is 5.41 Å². The number of anilines is 1. The van der Waals surface area contributed by atoms with Gasteiger partial charge in [-0.05, 0) is 65.4 Å². The summed E-state index contributed by atoms with van der Waals surface area (Å²) in [5, 5.41) is 3.46. The third-order valence-corrected chi connectivity index (χ3v) is 5.07. The summed E-state index contributed by atoms with van der Waals surface area (Å²) < 4.78 is 1.22. The Bertz CT molecular complexity index is 446. The third-order valence-electron chi connectivity index (χ3n) is 4.44. The topological polar surface area (TPSA) is 15.3 Å². The molecule has 0 bridgehead atoms. The molecule has 1 fully saturated rings. The summed E-state index contributed by atoms with van der Waals surface area (Å²) in [4.78, 5) is 2.51. The average molecular weight is 339 g/mol. The molecule has 1 heterocycles. The van der Waals surface area contributed by atoms with Crippen molar-refractivity contribution in [2.75, 3.05) is 24.5 Å². The van der Waals surface area contributed by atoms with Crippen molar-refractivity contribution in [1.29, 1.82) is 0 Å². The predicted octanol–water partition coefficient (Wildman–Crippen LogP) is 4.75. The van der Waals surface area contributed by atoms with E-state index in [1.807, 2.05) is 0 Å². The highest BCUT2D eigenvalue weighted by Crippen LogP contribution is 2.36. The molecule has 20 heavy (non-hydrogen) atoms. The number of piperidine rings is 1. The Hall–Kier alpha value is -0.540. The Kier molecular flexibility index (Phi) is 5.14. The Morgan fingerprint density at radius 3 is 2.50 bits per heavy atom. The summed E-state index contributed by atoms with van der Waals surface area (Å²) in [5.41, 5.74) is 3.19. The molecule has 1 saturated heterocycles. The van der Waals surface area contributed by atoms with Gasteiger partial charge in [-0.1, -0.05) is 26.8 Å². The van der Waals surface area contributed by atoms with Crippen LogP contribution in [0.15, 0.2) is 22.7 Å². The summed E-state index contributed by atoms with van der Waals surface area (Å²) in [6.07, 6.45) is 2.55. The molecule has 1 atom stereocenters. The highest BCUT2D eigenvalue weighted by atomic mass is 79.9. The van der Waals surface area contributed by atoms with E-state index in [1.54, 1.807) is 0 Å².